The standard InChI is InChI=1S/C21H25FN8S/c1-13-19(31-14(2)28-13)12-27-21(25-3)26-10-4-5-18-17(11-23)20(24)30(29-18)16-8-6-15(22)7-9-16/h6-9H,4-5,10,12,24H2,1-3H3,(H2,25,26,27). The van der Waals surface area contributed by atoms with Gasteiger partial charge in [0.05, 0.1) is 28.6 Å². The first-order chi connectivity index (χ1) is 14.9. The van der Waals surface area contributed by atoms with E-state index in [1.807, 2.05) is 13.8 Å². The molecule has 0 saturated heterocycles. The van der Waals surface area contributed by atoms with Crippen molar-refractivity contribution in [2.45, 2.75) is 33.2 Å². The zero-order chi connectivity index (χ0) is 22.4. The molecule has 0 fully saturated rings. The Morgan fingerprint density at radius 1 is 1.29 bits per heavy atom. The molecule has 3 aromatic rings. The van der Waals surface area contributed by atoms with Gasteiger partial charge in [0.25, 0.3) is 0 Å². The Morgan fingerprint density at radius 3 is 2.65 bits per heavy atom. The second-order valence-electron chi connectivity index (χ2n) is 6.90. The third-order valence-corrected chi connectivity index (χ3v) is 5.77. The summed E-state index contributed by atoms with van der Waals surface area (Å²) in [5.74, 6) is 0.607. The van der Waals surface area contributed by atoms with E-state index >= 15 is 0 Å². The van der Waals surface area contributed by atoms with E-state index in [-0.39, 0.29) is 11.6 Å². The molecule has 1 aromatic carbocycles. The molecule has 0 bridgehead atoms. The van der Waals surface area contributed by atoms with E-state index in [0.717, 1.165) is 17.1 Å². The number of halogens is 1. The fourth-order valence-electron chi connectivity index (χ4n) is 3.14. The average molecular weight is 441 g/mol. The van der Waals surface area contributed by atoms with Crippen LogP contribution in [0.3, 0.4) is 0 Å². The van der Waals surface area contributed by atoms with Crippen LogP contribution in [0.5, 0.6) is 0 Å². The highest BCUT2D eigenvalue weighted by molar-refractivity contribution is 7.11. The lowest BCUT2D eigenvalue weighted by molar-refractivity contribution is 0.627. The molecule has 10 heteroatoms. The number of nitrogens with zero attached hydrogens (tertiary/aromatic N) is 5. The van der Waals surface area contributed by atoms with Crippen molar-refractivity contribution in [1.82, 2.24) is 25.4 Å². The zero-order valence-electron chi connectivity index (χ0n) is 17.7. The highest BCUT2D eigenvalue weighted by atomic mass is 32.1. The van der Waals surface area contributed by atoms with Gasteiger partial charge in [0.2, 0.25) is 0 Å². The van der Waals surface area contributed by atoms with Crippen LogP contribution >= 0.6 is 11.3 Å². The molecule has 0 amide bonds. The highest BCUT2D eigenvalue weighted by Gasteiger charge is 2.16. The Hall–Kier alpha value is -3.45. The molecule has 8 nitrogen and oxygen atoms in total. The van der Waals surface area contributed by atoms with Crippen LogP contribution in [0.15, 0.2) is 29.3 Å². The summed E-state index contributed by atoms with van der Waals surface area (Å²) in [5, 5.41) is 21.6. The summed E-state index contributed by atoms with van der Waals surface area (Å²) < 4.78 is 14.7. The molecule has 0 aliphatic heterocycles. The number of rotatable bonds is 7. The Morgan fingerprint density at radius 2 is 2.03 bits per heavy atom. The van der Waals surface area contributed by atoms with Crippen LogP contribution in [0.1, 0.15) is 33.3 Å². The first-order valence-electron chi connectivity index (χ1n) is 9.83. The Bertz CT molecular complexity index is 1110. The molecule has 0 unspecified atom stereocenters. The number of benzene rings is 1. The number of anilines is 1. The van der Waals surface area contributed by atoms with Crippen molar-refractivity contribution in [2.75, 3.05) is 19.3 Å². The number of nitrogens with two attached hydrogens (primary N) is 1. The number of hydrogen-bond acceptors (Lipinski definition) is 6. The molecule has 2 aromatic heterocycles. The maximum Gasteiger partial charge on any atom is 0.191 e. The SMILES string of the molecule is CN=C(NCCCc1nn(-c2ccc(F)cc2)c(N)c1C#N)NCc1sc(C)nc1C. The predicted octanol–water partition coefficient (Wildman–Crippen LogP) is 2.84. The van der Waals surface area contributed by atoms with E-state index in [4.69, 9.17) is 5.73 Å². The minimum atomic E-state index is -0.344. The number of aliphatic imine (C=N–C) groups is 1. The molecule has 0 atom stereocenters. The van der Waals surface area contributed by atoms with Crippen LogP contribution in [0.25, 0.3) is 5.69 Å². The molecule has 0 saturated carbocycles. The Balaban J connectivity index is 1.56. The van der Waals surface area contributed by atoms with Crippen molar-refractivity contribution in [3.05, 3.63) is 56.9 Å². The fourth-order valence-corrected chi connectivity index (χ4v) is 4.02. The third kappa shape index (κ3) is 5.38. The van der Waals surface area contributed by atoms with Crippen LogP contribution in [-0.4, -0.2) is 34.3 Å². The smallest absolute Gasteiger partial charge is 0.191 e. The summed E-state index contributed by atoms with van der Waals surface area (Å²) in [7, 11) is 1.72. The predicted molar refractivity (Wildman–Crippen MR) is 121 cm³/mol. The molecule has 4 N–H and O–H groups in total. The zero-order valence-corrected chi connectivity index (χ0v) is 18.6. The Kier molecular flexibility index (Phi) is 7.20. The van der Waals surface area contributed by atoms with Crippen molar-refractivity contribution in [2.24, 2.45) is 4.99 Å². The second-order valence-corrected chi connectivity index (χ2v) is 8.19. The molecule has 0 aliphatic rings. The van der Waals surface area contributed by atoms with Gasteiger partial charge in [-0.1, -0.05) is 0 Å². The quantitative estimate of drug-likeness (QED) is 0.295. The first kappa shape index (κ1) is 22.2. The van der Waals surface area contributed by atoms with Crippen LogP contribution in [0.2, 0.25) is 0 Å². The number of nitrogens with one attached hydrogen (secondary N) is 2. The lowest BCUT2D eigenvalue weighted by atomic mass is 10.1. The van der Waals surface area contributed by atoms with Gasteiger partial charge < -0.3 is 16.4 Å². The number of nitrogen functional groups attached to an aromatic ring is 1. The molecule has 162 valence electrons. The average Bonchev–Trinajstić information content (AvgIpc) is 3.25. The van der Waals surface area contributed by atoms with E-state index < -0.39 is 0 Å². The van der Waals surface area contributed by atoms with Crippen molar-refractivity contribution >= 4 is 23.1 Å². The summed E-state index contributed by atoms with van der Waals surface area (Å²) >= 11 is 1.67. The number of hydrogen-bond donors (Lipinski definition) is 3. The van der Waals surface area contributed by atoms with Gasteiger partial charge in [-0.2, -0.15) is 10.4 Å². The lowest BCUT2D eigenvalue weighted by Crippen LogP contribution is -2.37. The van der Waals surface area contributed by atoms with Crippen molar-refractivity contribution in [3.8, 4) is 11.8 Å². The van der Waals surface area contributed by atoms with Crippen LogP contribution in [0.4, 0.5) is 10.2 Å². The van der Waals surface area contributed by atoms with Crippen LogP contribution in [-0.2, 0) is 13.0 Å². The largest absolute Gasteiger partial charge is 0.382 e. The van der Waals surface area contributed by atoms with E-state index in [9.17, 15) is 9.65 Å². The van der Waals surface area contributed by atoms with E-state index in [1.54, 1.807) is 30.5 Å². The molecule has 3 rings (SSSR count). The summed E-state index contributed by atoms with van der Waals surface area (Å²) in [4.78, 5) is 9.85. The fraction of sp³-hybridized carbons (Fsp3) is 0.333. The first-order valence-corrected chi connectivity index (χ1v) is 10.7. The molecule has 0 spiro atoms. The summed E-state index contributed by atoms with van der Waals surface area (Å²) in [6.45, 7) is 5.30. The normalized spacial score (nSPS) is 11.4. The van der Waals surface area contributed by atoms with Gasteiger partial charge in [-0.3, -0.25) is 4.99 Å². The topological polar surface area (TPSA) is 117 Å². The number of aromatic nitrogens is 3. The number of nitriles is 1. The van der Waals surface area contributed by atoms with Gasteiger partial charge in [-0.25, -0.2) is 14.1 Å². The van der Waals surface area contributed by atoms with Gasteiger partial charge in [0.1, 0.15) is 23.3 Å². The molecular weight excluding hydrogens is 415 g/mol. The molecular formula is C21H25FN8S. The summed E-state index contributed by atoms with van der Waals surface area (Å²) in [5.41, 5.74) is 8.71. The molecule has 31 heavy (non-hydrogen) atoms. The molecule has 0 aliphatic carbocycles. The number of aryl methyl sites for hydroxylation is 3. The van der Waals surface area contributed by atoms with Gasteiger partial charge in [-0.15, -0.1) is 11.3 Å². The van der Waals surface area contributed by atoms with Crippen LogP contribution < -0.4 is 16.4 Å². The van der Waals surface area contributed by atoms with Gasteiger partial charge >= 0.3 is 0 Å². The van der Waals surface area contributed by atoms with Crippen molar-refractivity contribution < 1.29 is 4.39 Å². The van der Waals surface area contributed by atoms with E-state index in [2.05, 4.69) is 31.8 Å². The van der Waals surface area contributed by atoms with E-state index in [0.29, 0.717) is 42.4 Å². The highest BCUT2D eigenvalue weighted by Crippen LogP contribution is 2.21. The minimum absolute atomic E-state index is 0.254. The maximum absolute atomic E-state index is 13.2. The van der Waals surface area contributed by atoms with Crippen LogP contribution in [0, 0.1) is 31.0 Å². The van der Waals surface area contributed by atoms with Crippen molar-refractivity contribution in [3.63, 3.8) is 0 Å². The third-order valence-electron chi connectivity index (χ3n) is 4.70. The monoisotopic (exact) mass is 440 g/mol. The van der Waals surface area contributed by atoms with Gasteiger partial charge in [0, 0.05) is 18.5 Å². The summed E-state index contributed by atoms with van der Waals surface area (Å²) in [6, 6.07) is 7.95. The number of guanidine groups is 1. The lowest BCUT2D eigenvalue weighted by Gasteiger charge is -2.11. The van der Waals surface area contributed by atoms with E-state index in [1.165, 1.54) is 21.7 Å². The van der Waals surface area contributed by atoms with Gasteiger partial charge in [0.15, 0.2) is 5.96 Å². The van der Waals surface area contributed by atoms with Crippen molar-refractivity contribution in [1.29, 1.82) is 5.26 Å². The van der Waals surface area contributed by atoms with Gasteiger partial charge in [-0.05, 0) is 51.0 Å². The molecule has 2 heterocycles. The Labute approximate surface area is 184 Å². The number of thiazole rings is 1. The minimum Gasteiger partial charge on any atom is -0.382 e. The second kappa shape index (κ2) is 10.0. The molecule has 0 radical (unpaired) electrons. The summed E-state index contributed by atoms with van der Waals surface area (Å²) in [6.07, 6.45) is 1.30. The maximum atomic E-state index is 13.2.